The Kier molecular flexibility index (Phi) is 5.05. The predicted molar refractivity (Wildman–Crippen MR) is 111 cm³/mol. The van der Waals surface area contributed by atoms with Gasteiger partial charge in [-0.05, 0) is 48.0 Å². The molecule has 0 unspecified atom stereocenters. The van der Waals surface area contributed by atoms with E-state index < -0.39 is 0 Å². The smallest absolute Gasteiger partial charge is 0.257 e. The molecule has 0 saturated heterocycles. The van der Waals surface area contributed by atoms with Crippen LogP contribution in [0, 0.1) is 0 Å². The second kappa shape index (κ2) is 7.81. The number of phenolic OH excluding ortho intramolecular Hbond substituents is 1. The van der Waals surface area contributed by atoms with Gasteiger partial charge in [0.05, 0.1) is 24.3 Å². The zero-order valence-corrected chi connectivity index (χ0v) is 16.0. The maximum atomic E-state index is 12.6. The van der Waals surface area contributed by atoms with Crippen molar-refractivity contribution in [2.75, 3.05) is 22.1 Å². The number of phenols is 1. The number of hydrogen-bond acceptors (Lipinski definition) is 5. The lowest BCUT2D eigenvalue weighted by Gasteiger charge is -2.29. The van der Waals surface area contributed by atoms with E-state index in [0.717, 1.165) is 5.56 Å². The van der Waals surface area contributed by atoms with Crippen molar-refractivity contribution in [2.45, 2.75) is 6.54 Å². The quantitative estimate of drug-likeness (QED) is 0.573. The third-order valence-electron chi connectivity index (χ3n) is 4.51. The monoisotopic (exact) mass is 408 g/mol. The summed E-state index contributed by atoms with van der Waals surface area (Å²) in [6, 6.07) is 15.0. The molecule has 2 amide bonds. The minimum atomic E-state index is -0.365. The molecule has 0 spiro atoms. The Balaban J connectivity index is 1.60. The van der Waals surface area contributed by atoms with Gasteiger partial charge in [-0.1, -0.05) is 23.7 Å². The van der Waals surface area contributed by atoms with Crippen LogP contribution < -0.4 is 15.5 Å². The van der Waals surface area contributed by atoms with Gasteiger partial charge in [0.1, 0.15) is 5.75 Å². The molecule has 0 atom stereocenters. The van der Waals surface area contributed by atoms with Crippen LogP contribution in [-0.2, 0) is 11.3 Å². The van der Waals surface area contributed by atoms with E-state index in [0.29, 0.717) is 34.3 Å². The second-order valence-electron chi connectivity index (χ2n) is 6.55. The van der Waals surface area contributed by atoms with Gasteiger partial charge in [0.15, 0.2) is 5.82 Å². The number of benzene rings is 2. The number of pyridine rings is 1. The van der Waals surface area contributed by atoms with Gasteiger partial charge in [-0.3, -0.25) is 9.59 Å². The molecule has 3 N–H and O–H groups in total. The van der Waals surface area contributed by atoms with E-state index in [1.165, 1.54) is 18.3 Å². The zero-order valence-electron chi connectivity index (χ0n) is 15.2. The predicted octanol–water partition coefficient (Wildman–Crippen LogP) is 3.65. The van der Waals surface area contributed by atoms with E-state index in [4.69, 9.17) is 11.6 Å². The van der Waals surface area contributed by atoms with Crippen LogP contribution in [0.4, 0.5) is 17.2 Å². The molecule has 2 aromatic carbocycles. The summed E-state index contributed by atoms with van der Waals surface area (Å²) in [7, 11) is 0. The first-order valence-electron chi connectivity index (χ1n) is 8.89. The molecule has 4 rings (SSSR count). The van der Waals surface area contributed by atoms with Crippen molar-refractivity contribution in [1.29, 1.82) is 0 Å². The highest BCUT2D eigenvalue weighted by Gasteiger charge is 2.26. The third kappa shape index (κ3) is 4.14. The fourth-order valence-electron chi connectivity index (χ4n) is 3.00. The first kappa shape index (κ1) is 18.8. The number of carbonyl (C=O) groups is 2. The maximum Gasteiger partial charge on any atom is 0.257 e. The number of anilines is 3. The Morgan fingerprint density at radius 2 is 1.90 bits per heavy atom. The van der Waals surface area contributed by atoms with Crippen LogP contribution in [0.5, 0.6) is 5.75 Å². The molecule has 0 aliphatic carbocycles. The third-order valence-corrected chi connectivity index (χ3v) is 4.76. The average Bonchev–Trinajstić information content (AvgIpc) is 2.73. The largest absolute Gasteiger partial charge is 0.508 e. The van der Waals surface area contributed by atoms with Crippen molar-refractivity contribution in [2.24, 2.45) is 0 Å². The Bertz CT molecular complexity index is 1070. The van der Waals surface area contributed by atoms with Crippen LogP contribution in [0.25, 0.3) is 0 Å². The molecule has 146 valence electrons. The summed E-state index contributed by atoms with van der Waals surface area (Å²) >= 11 is 5.94. The van der Waals surface area contributed by atoms with Crippen molar-refractivity contribution in [3.8, 4) is 5.75 Å². The summed E-state index contributed by atoms with van der Waals surface area (Å²) in [5, 5.41) is 15.7. The molecule has 8 heteroatoms. The number of nitrogens with zero attached hydrogens (tertiary/aromatic N) is 2. The molecule has 29 heavy (non-hydrogen) atoms. The molecule has 0 bridgehead atoms. The highest BCUT2D eigenvalue weighted by molar-refractivity contribution is 6.30. The fourth-order valence-corrected chi connectivity index (χ4v) is 3.13. The van der Waals surface area contributed by atoms with Gasteiger partial charge in [0, 0.05) is 16.9 Å². The molecule has 1 aliphatic rings. The van der Waals surface area contributed by atoms with E-state index >= 15 is 0 Å². The number of rotatable bonds is 4. The van der Waals surface area contributed by atoms with Crippen LogP contribution in [0.2, 0.25) is 5.02 Å². The molecular weight excluding hydrogens is 392 g/mol. The Labute approximate surface area is 171 Å². The average molecular weight is 409 g/mol. The fraction of sp³-hybridized carbons (Fsp3) is 0.0952. The number of nitrogens with one attached hydrogen (secondary N) is 2. The van der Waals surface area contributed by atoms with Crippen molar-refractivity contribution in [3.05, 3.63) is 76.9 Å². The number of aromatic nitrogens is 1. The second-order valence-corrected chi connectivity index (χ2v) is 6.99. The SMILES string of the molecule is O=C(Nc1ccc(O)cc1)c1cnc2c(c1)N(Cc1ccc(Cl)cc1)C(=O)CN2. The van der Waals surface area contributed by atoms with Crippen molar-refractivity contribution in [3.63, 3.8) is 0 Å². The number of aromatic hydroxyl groups is 1. The normalized spacial score (nSPS) is 12.9. The van der Waals surface area contributed by atoms with Crippen LogP contribution in [0.1, 0.15) is 15.9 Å². The first-order valence-corrected chi connectivity index (χ1v) is 9.26. The highest BCUT2D eigenvalue weighted by atomic mass is 35.5. The summed E-state index contributed by atoms with van der Waals surface area (Å²) in [5.41, 5.74) is 2.30. The van der Waals surface area contributed by atoms with E-state index in [1.54, 1.807) is 35.2 Å². The summed E-state index contributed by atoms with van der Waals surface area (Å²) in [6.07, 6.45) is 1.46. The topological polar surface area (TPSA) is 94.6 Å². The number of fused-ring (bicyclic) bond motifs is 1. The summed E-state index contributed by atoms with van der Waals surface area (Å²) in [6.45, 7) is 0.474. The lowest BCUT2D eigenvalue weighted by molar-refractivity contribution is -0.117. The lowest BCUT2D eigenvalue weighted by Crippen LogP contribution is -2.40. The van der Waals surface area contributed by atoms with Crippen molar-refractivity contribution < 1.29 is 14.7 Å². The van der Waals surface area contributed by atoms with E-state index in [2.05, 4.69) is 15.6 Å². The molecule has 0 radical (unpaired) electrons. The molecule has 2 heterocycles. The van der Waals surface area contributed by atoms with Crippen LogP contribution in [-0.4, -0.2) is 28.4 Å². The van der Waals surface area contributed by atoms with E-state index in [-0.39, 0.29) is 24.1 Å². The number of halogens is 1. The minimum Gasteiger partial charge on any atom is -0.508 e. The molecule has 0 saturated carbocycles. The van der Waals surface area contributed by atoms with Crippen LogP contribution in [0.15, 0.2) is 60.8 Å². The Hall–Kier alpha value is -3.58. The van der Waals surface area contributed by atoms with Gasteiger partial charge in [-0.2, -0.15) is 0 Å². The van der Waals surface area contributed by atoms with Crippen LogP contribution >= 0.6 is 11.6 Å². The van der Waals surface area contributed by atoms with E-state index in [9.17, 15) is 14.7 Å². The Morgan fingerprint density at radius 1 is 1.17 bits per heavy atom. The summed E-state index contributed by atoms with van der Waals surface area (Å²) in [5.74, 6) is 0.168. The molecule has 0 fully saturated rings. The maximum absolute atomic E-state index is 12.6. The molecular formula is C21H17ClN4O3. The minimum absolute atomic E-state index is 0.112. The lowest BCUT2D eigenvalue weighted by atomic mass is 10.1. The van der Waals surface area contributed by atoms with Crippen molar-refractivity contribution >= 4 is 40.6 Å². The van der Waals surface area contributed by atoms with Crippen LogP contribution in [0.3, 0.4) is 0 Å². The molecule has 7 nitrogen and oxygen atoms in total. The summed E-state index contributed by atoms with van der Waals surface area (Å²) < 4.78 is 0. The van der Waals surface area contributed by atoms with Gasteiger partial charge in [-0.25, -0.2) is 4.98 Å². The van der Waals surface area contributed by atoms with Gasteiger partial charge in [0.25, 0.3) is 5.91 Å². The number of amides is 2. The Morgan fingerprint density at radius 3 is 2.62 bits per heavy atom. The molecule has 1 aromatic heterocycles. The first-order chi connectivity index (χ1) is 14.0. The van der Waals surface area contributed by atoms with Gasteiger partial charge in [0.2, 0.25) is 5.91 Å². The van der Waals surface area contributed by atoms with Crippen molar-refractivity contribution in [1.82, 2.24) is 4.98 Å². The highest BCUT2D eigenvalue weighted by Crippen LogP contribution is 2.30. The number of carbonyl (C=O) groups excluding carboxylic acids is 2. The molecule has 1 aliphatic heterocycles. The zero-order chi connectivity index (χ0) is 20.4. The number of hydrogen-bond donors (Lipinski definition) is 3. The summed E-state index contributed by atoms with van der Waals surface area (Å²) in [4.78, 5) is 31.0. The van der Waals surface area contributed by atoms with Gasteiger partial charge < -0.3 is 20.6 Å². The molecule has 3 aromatic rings. The van der Waals surface area contributed by atoms with Gasteiger partial charge >= 0.3 is 0 Å². The van der Waals surface area contributed by atoms with E-state index in [1.807, 2.05) is 12.1 Å². The van der Waals surface area contributed by atoms with Gasteiger partial charge in [-0.15, -0.1) is 0 Å². The standard InChI is InChI=1S/C21H17ClN4O3/c22-15-3-1-13(2-4-15)12-26-18-9-14(10-23-20(18)24-11-19(26)28)21(29)25-16-5-7-17(27)8-6-16/h1-10,27H,11-12H2,(H,23,24)(H,25,29).